The minimum absolute atomic E-state index is 0.0184. The third-order valence-electron chi connectivity index (χ3n) is 3.03. The lowest BCUT2D eigenvalue weighted by molar-refractivity contribution is -0.274. The summed E-state index contributed by atoms with van der Waals surface area (Å²) in [6, 6.07) is 6.41. The minimum Gasteiger partial charge on any atom is -0.491 e. The molecular formula is C16H13F5N2O3. The number of carbonyl (C=O) groups is 1. The van der Waals surface area contributed by atoms with Crippen molar-refractivity contribution in [2.75, 3.05) is 24.3 Å². The SMILES string of the molecule is COc1c(F)cc(NCC(=O)Nc2ccc(OC(F)(F)F)cc2)cc1F. The first-order valence-electron chi connectivity index (χ1n) is 7.10. The first-order chi connectivity index (χ1) is 12.2. The fourth-order valence-electron chi connectivity index (χ4n) is 1.98. The van der Waals surface area contributed by atoms with Crippen molar-refractivity contribution >= 4 is 17.3 Å². The molecule has 26 heavy (non-hydrogen) atoms. The lowest BCUT2D eigenvalue weighted by Crippen LogP contribution is -2.22. The molecule has 10 heteroatoms. The fraction of sp³-hybridized carbons (Fsp3) is 0.188. The molecule has 0 bridgehead atoms. The number of nitrogens with one attached hydrogen (secondary N) is 2. The Morgan fingerprint density at radius 3 is 2.12 bits per heavy atom. The molecule has 2 rings (SSSR count). The highest BCUT2D eigenvalue weighted by Crippen LogP contribution is 2.25. The second-order valence-electron chi connectivity index (χ2n) is 4.95. The summed E-state index contributed by atoms with van der Waals surface area (Å²) in [6.45, 7) is -0.327. The zero-order valence-electron chi connectivity index (χ0n) is 13.3. The lowest BCUT2D eigenvalue weighted by atomic mass is 10.2. The van der Waals surface area contributed by atoms with E-state index in [1.165, 1.54) is 12.1 Å². The van der Waals surface area contributed by atoms with E-state index in [1.54, 1.807) is 0 Å². The van der Waals surface area contributed by atoms with Crippen molar-refractivity contribution < 1.29 is 36.2 Å². The zero-order valence-corrected chi connectivity index (χ0v) is 13.3. The van der Waals surface area contributed by atoms with Gasteiger partial charge < -0.3 is 20.1 Å². The van der Waals surface area contributed by atoms with Crippen LogP contribution in [0.5, 0.6) is 11.5 Å². The maximum atomic E-state index is 13.5. The van der Waals surface area contributed by atoms with Crippen LogP contribution in [0.25, 0.3) is 0 Å². The van der Waals surface area contributed by atoms with Gasteiger partial charge in [0, 0.05) is 23.5 Å². The Morgan fingerprint density at radius 1 is 1.04 bits per heavy atom. The van der Waals surface area contributed by atoms with Crippen LogP contribution in [0.4, 0.5) is 33.3 Å². The molecule has 0 aliphatic carbocycles. The predicted molar refractivity (Wildman–Crippen MR) is 83.2 cm³/mol. The van der Waals surface area contributed by atoms with Crippen molar-refractivity contribution in [3.05, 3.63) is 48.0 Å². The number of carbonyl (C=O) groups excluding carboxylic acids is 1. The van der Waals surface area contributed by atoms with Gasteiger partial charge in [0.15, 0.2) is 17.4 Å². The number of halogens is 5. The van der Waals surface area contributed by atoms with Crippen molar-refractivity contribution in [3.8, 4) is 11.5 Å². The molecular weight excluding hydrogens is 363 g/mol. The third kappa shape index (κ3) is 5.50. The van der Waals surface area contributed by atoms with Crippen LogP contribution in [0.2, 0.25) is 0 Å². The first kappa shape index (κ1) is 19.3. The van der Waals surface area contributed by atoms with Gasteiger partial charge in [-0.3, -0.25) is 4.79 Å². The molecule has 0 radical (unpaired) electrons. The van der Waals surface area contributed by atoms with E-state index in [9.17, 15) is 26.7 Å². The number of benzene rings is 2. The van der Waals surface area contributed by atoms with E-state index in [1.807, 2.05) is 0 Å². The fourth-order valence-corrected chi connectivity index (χ4v) is 1.98. The average molecular weight is 376 g/mol. The number of hydrogen-bond acceptors (Lipinski definition) is 4. The summed E-state index contributed by atoms with van der Waals surface area (Å²) in [4.78, 5) is 11.8. The van der Waals surface area contributed by atoms with Gasteiger partial charge in [-0.25, -0.2) is 8.78 Å². The zero-order chi connectivity index (χ0) is 19.3. The second-order valence-corrected chi connectivity index (χ2v) is 4.95. The van der Waals surface area contributed by atoms with E-state index in [0.717, 1.165) is 31.4 Å². The van der Waals surface area contributed by atoms with Crippen LogP contribution in [0, 0.1) is 11.6 Å². The number of alkyl halides is 3. The summed E-state index contributed by atoms with van der Waals surface area (Å²) < 4.78 is 71.5. The van der Waals surface area contributed by atoms with Gasteiger partial charge in [0.2, 0.25) is 5.91 Å². The second kappa shape index (κ2) is 7.89. The molecule has 0 saturated heterocycles. The molecule has 0 atom stereocenters. The largest absolute Gasteiger partial charge is 0.573 e. The maximum absolute atomic E-state index is 13.5. The number of anilines is 2. The Morgan fingerprint density at radius 2 is 1.62 bits per heavy atom. The smallest absolute Gasteiger partial charge is 0.491 e. The number of methoxy groups -OCH3 is 1. The highest BCUT2D eigenvalue weighted by atomic mass is 19.4. The van der Waals surface area contributed by atoms with Gasteiger partial charge in [-0.15, -0.1) is 13.2 Å². The number of hydrogen-bond donors (Lipinski definition) is 2. The van der Waals surface area contributed by atoms with E-state index >= 15 is 0 Å². The molecule has 2 N–H and O–H groups in total. The Balaban J connectivity index is 1.91. The quantitative estimate of drug-likeness (QED) is 0.751. The molecule has 2 aromatic carbocycles. The summed E-state index contributed by atoms with van der Waals surface area (Å²) in [5.74, 6) is -3.42. The number of rotatable bonds is 6. The summed E-state index contributed by atoms with van der Waals surface area (Å²) in [5.41, 5.74) is 0.239. The lowest BCUT2D eigenvalue weighted by Gasteiger charge is -2.11. The molecule has 0 unspecified atom stereocenters. The highest BCUT2D eigenvalue weighted by molar-refractivity contribution is 5.93. The normalized spacial score (nSPS) is 11.0. The van der Waals surface area contributed by atoms with Crippen molar-refractivity contribution in [1.29, 1.82) is 0 Å². The van der Waals surface area contributed by atoms with Crippen molar-refractivity contribution in [1.82, 2.24) is 0 Å². The van der Waals surface area contributed by atoms with Crippen molar-refractivity contribution in [2.45, 2.75) is 6.36 Å². The van der Waals surface area contributed by atoms with Gasteiger partial charge in [-0.05, 0) is 24.3 Å². The van der Waals surface area contributed by atoms with Crippen LogP contribution >= 0.6 is 0 Å². The third-order valence-corrected chi connectivity index (χ3v) is 3.03. The molecule has 0 fully saturated rings. The highest BCUT2D eigenvalue weighted by Gasteiger charge is 2.30. The van der Waals surface area contributed by atoms with Crippen LogP contribution in [0.1, 0.15) is 0 Å². The van der Waals surface area contributed by atoms with Crippen molar-refractivity contribution in [2.24, 2.45) is 0 Å². The Bertz CT molecular complexity index is 755. The molecule has 0 saturated carbocycles. The minimum atomic E-state index is -4.81. The van der Waals surface area contributed by atoms with Gasteiger partial charge in [-0.1, -0.05) is 0 Å². The molecule has 5 nitrogen and oxygen atoms in total. The van der Waals surface area contributed by atoms with Gasteiger partial charge >= 0.3 is 6.36 Å². The Kier molecular flexibility index (Phi) is 5.86. The van der Waals surface area contributed by atoms with Gasteiger partial charge in [0.1, 0.15) is 5.75 Å². The Hall–Kier alpha value is -3.04. The molecule has 0 spiro atoms. The van der Waals surface area contributed by atoms with Gasteiger partial charge in [0.05, 0.1) is 13.7 Å². The van der Waals surface area contributed by atoms with E-state index < -0.39 is 35.4 Å². The standard InChI is InChI=1S/C16H13F5N2O3/c1-25-15-12(17)6-10(7-13(15)18)22-8-14(24)23-9-2-4-11(5-3-9)26-16(19,20)21/h2-7,22H,8H2,1H3,(H,23,24). The summed E-state index contributed by atoms with van der Waals surface area (Å²) in [5, 5.41) is 4.92. The van der Waals surface area contributed by atoms with Crippen LogP contribution in [-0.4, -0.2) is 25.9 Å². The molecule has 0 heterocycles. The van der Waals surface area contributed by atoms with Crippen LogP contribution < -0.4 is 20.1 Å². The van der Waals surface area contributed by atoms with Crippen LogP contribution in [-0.2, 0) is 4.79 Å². The van der Waals surface area contributed by atoms with E-state index in [4.69, 9.17) is 0 Å². The van der Waals surface area contributed by atoms with E-state index in [2.05, 4.69) is 20.1 Å². The number of amides is 1. The summed E-state index contributed by atoms with van der Waals surface area (Å²) in [7, 11) is 1.12. The van der Waals surface area contributed by atoms with Gasteiger partial charge in [0.25, 0.3) is 0 Å². The monoisotopic (exact) mass is 376 g/mol. The van der Waals surface area contributed by atoms with E-state index in [-0.39, 0.29) is 17.9 Å². The van der Waals surface area contributed by atoms with Crippen molar-refractivity contribution in [3.63, 3.8) is 0 Å². The molecule has 2 aromatic rings. The molecule has 140 valence electrons. The van der Waals surface area contributed by atoms with E-state index in [0.29, 0.717) is 0 Å². The van der Waals surface area contributed by atoms with Crippen LogP contribution in [0.3, 0.4) is 0 Å². The Labute approximate surface area is 144 Å². The van der Waals surface area contributed by atoms with Gasteiger partial charge in [-0.2, -0.15) is 0 Å². The topological polar surface area (TPSA) is 59.6 Å². The van der Waals surface area contributed by atoms with Crippen LogP contribution in [0.15, 0.2) is 36.4 Å². The molecule has 1 amide bonds. The molecule has 0 aliphatic heterocycles. The summed E-state index contributed by atoms with van der Waals surface area (Å²) >= 11 is 0. The predicted octanol–water partition coefficient (Wildman–Crippen LogP) is 3.92. The maximum Gasteiger partial charge on any atom is 0.573 e. The average Bonchev–Trinajstić information content (AvgIpc) is 2.53. The number of ether oxygens (including phenoxy) is 2. The molecule has 0 aromatic heterocycles. The summed E-state index contributed by atoms with van der Waals surface area (Å²) in [6.07, 6.45) is -4.81. The molecule has 0 aliphatic rings. The first-order valence-corrected chi connectivity index (χ1v) is 7.10.